The number of likely N-dealkylation sites (tertiary alicyclic amines) is 1. The maximum Gasteiger partial charge on any atom is 0.122 e. The molecule has 2 heterocycles. The molecule has 1 unspecified atom stereocenters. The van der Waals surface area contributed by atoms with Crippen LogP contribution in [0, 0.1) is 5.92 Å². The predicted octanol–water partition coefficient (Wildman–Crippen LogP) is 2.26. The summed E-state index contributed by atoms with van der Waals surface area (Å²) < 4.78 is 5.55. The second kappa shape index (κ2) is 7.30. The van der Waals surface area contributed by atoms with E-state index in [1.54, 1.807) is 0 Å². The standard InChI is InChI=1S/C16H24N2O.ClH/c17-11-14-2-1-7-18(12-14)8-5-13-3-4-16-15(10-13)6-9-19-16;/h3-4,10,14H,1-2,5-9,11-12,17H2;1H. The number of piperidine rings is 1. The van der Waals surface area contributed by atoms with E-state index in [0.717, 1.165) is 38.3 Å². The predicted molar refractivity (Wildman–Crippen MR) is 84.8 cm³/mol. The summed E-state index contributed by atoms with van der Waals surface area (Å²) in [6.07, 6.45) is 4.83. The van der Waals surface area contributed by atoms with Gasteiger partial charge in [-0.15, -0.1) is 12.4 Å². The Morgan fingerprint density at radius 1 is 1.35 bits per heavy atom. The summed E-state index contributed by atoms with van der Waals surface area (Å²) in [7, 11) is 0. The van der Waals surface area contributed by atoms with Crippen molar-refractivity contribution < 1.29 is 4.74 Å². The highest BCUT2D eigenvalue weighted by atomic mass is 35.5. The van der Waals surface area contributed by atoms with E-state index < -0.39 is 0 Å². The minimum atomic E-state index is 0. The van der Waals surface area contributed by atoms with Crippen LogP contribution in [0.15, 0.2) is 18.2 Å². The highest BCUT2D eigenvalue weighted by Gasteiger charge is 2.18. The molecule has 20 heavy (non-hydrogen) atoms. The lowest BCUT2D eigenvalue weighted by atomic mass is 9.97. The molecule has 2 N–H and O–H groups in total. The second-order valence-corrected chi connectivity index (χ2v) is 5.84. The van der Waals surface area contributed by atoms with Crippen LogP contribution in [0.25, 0.3) is 0 Å². The first kappa shape index (κ1) is 15.6. The first-order valence-electron chi connectivity index (χ1n) is 7.52. The molecule has 0 aliphatic carbocycles. The molecule has 1 fully saturated rings. The van der Waals surface area contributed by atoms with Gasteiger partial charge in [0, 0.05) is 19.5 Å². The van der Waals surface area contributed by atoms with Gasteiger partial charge >= 0.3 is 0 Å². The van der Waals surface area contributed by atoms with Crippen LogP contribution in [0.4, 0.5) is 0 Å². The summed E-state index contributed by atoms with van der Waals surface area (Å²) in [5.41, 5.74) is 8.62. The van der Waals surface area contributed by atoms with Gasteiger partial charge in [0.05, 0.1) is 6.61 Å². The summed E-state index contributed by atoms with van der Waals surface area (Å²) >= 11 is 0. The lowest BCUT2D eigenvalue weighted by Gasteiger charge is -2.32. The zero-order valence-corrected chi connectivity index (χ0v) is 12.8. The first-order valence-corrected chi connectivity index (χ1v) is 7.52. The summed E-state index contributed by atoms with van der Waals surface area (Å²) in [6, 6.07) is 6.68. The summed E-state index contributed by atoms with van der Waals surface area (Å²) in [5, 5.41) is 0. The van der Waals surface area contributed by atoms with Crippen molar-refractivity contribution in [3.05, 3.63) is 29.3 Å². The van der Waals surface area contributed by atoms with E-state index in [4.69, 9.17) is 10.5 Å². The zero-order valence-electron chi connectivity index (χ0n) is 12.0. The fourth-order valence-electron chi connectivity index (χ4n) is 3.23. The van der Waals surface area contributed by atoms with Crippen LogP contribution in [0.1, 0.15) is 24.0 Å². The fraction of sp³-hybridized carbons (Fsp3) is 0.625. The van der Waals surface area contributed by atoms with Gasteiger partial charge < -0.3 is 15.4 Å². The van der Waals surface area contributed by atoms with Gasteiger partial charge in [0.15, 0.2) is 0 Å². The van der Waals surface area contributed by atoms with Crippen molar-refractivity contribution in [3.63, 3.8) is 0 Å². The van der Waals surface area contributed by atoms with Gasteiger partial charge in [0.25, 0.3) is 0 Å². The molecule has 0 radical (unpaired) electrons. The third kappa shape index (κ3) is 3.66. The van der Waals surface area contributed by atoms with Gasteiger partial charge in [-0.3, -0.25) is 0 Å². The van der Waals surface area contributed by atoms with Crippen molar-refractivity contribution in [2.45, 2.75) is 25.7 Å². The van der Waals surface area contributed by atoms with Gasteiger partial charge in [-0.25, -0.2) is 0 Å². The maximum atomic E-state index is 5.79. The molecule has 2 aliphatic heterocycles. The Labute approximate surface area is 127 Å². The molecule has 4 heteroatoms. The molecule has 0 amide bonds. The average Bonchev–Trinajstić information content (AvgIpc) is 2.93. The van der Waals surface area contributed by atoms with E-state index in [1.807, 2.05) is 0 Å². The number of nitrogens with two attached hydrogens (primary N) is 1. The molecule has 2 aliphatic rings. The number of rotatable bonds is 4. The van der Waals surface area contributed by atoms with Crippen LogP contribution in [0.5, 0.6) is 5.75 Å². The van der Waals surface area contributed by atoms with E-state index in [0.29, 0.717) is 5.92 Å². The lowest BCUT2D eigenvalue weighted by Crippen LogP contribution is -2.39. The van der Waals surface area contributed by atoms with Crippen molar-refractivity contribution >= 4 is 12.4 Å². The smallest absolute Gasteiger partial charge is 0.122 e. The number of hydrogen-bond donors (Lipinski definition) is 1. The SMILES string of the molecule is Cl.NCC1CCCN(CCc2ccc3c(c2)CCO3)C1. The third-order valence-electron chi connectivity index (χ3n) is 4.41. The molecule has 3 rings (SSSR count). The molecule has 3 nitrogen and oxygen atoms in total. The van der Waals surface area contributed by atoms with Crippen LogP contribution >= 0.6 is 12.4 Å². The fourth-order valence-corrected chi connectivity index (χ4v) is 3.23. The van der Waals surface area contributed by atoms with Crippen LogP contribution in [-0.2, 0) is 12.8 Å². The highest BCUT2D eigenvalue weighted by molar-refractivity contribution is 5.85. The van der Waals surface area contributed by atoms with Gasteiger partial charge in [-0.1, -0.05) is 12.1 Å². The molecule has 1 aromatic rings. The minimum absolute atomic E-state index is 0. The number of fused-ring (bicyclic) bond motifs is 1. The quantitative estimate of drug-likeness (QED) is 0.926. The number of nitrogens with zero attached hydrogens (tertiary/aromatic N) is 1. The molecule has 0 bridgehead atoms. The highest BCUT2D eigenvalue weighted by Crippen LogP contribution is 2.26. The third-order valence-corrected chi connectivity index (χ3v) is 4.41. The Balaban J connectivity index is 0.00000147. The van der Waals surface area contributed by atoms with Crippen LogP contribution in [0.3, 0.4) is 0 Å². The summed E-state index contributed by atoms with van der Waals surface area (Å²) in [5.74, 6) is 1.80. The molecule has 0 aromatic heterocycles. The first-order chi connectivity index (χ1) is 9.35. The van der Waals surface area contributed by atoms with Crippen molar-refractivity contribution in [1.29, 1.82) is 0 Å². The van der Waals surface area contributed by atoms with Gasteiger partial charge in [-0.2, -0.15) is 0 Å². The van der Waals surface area contributed by atoms with E-state index >= 15 is 0 Å². The van der Waals surface area contributed by atoms with Crippen molar-refractivity contribution in [2.24, 2.45) is 11.7 Å². The van der Waals surface area contributed by atoms with Gasteiger partial charge in [0.1, 0.15) is 5.75 Å². The van der Waals surface area contributed by atoms with Crippen molar-refractivity contribution in [3.8, 4) is 5.75 Å². The number of hydrogen-bond acceptors (Lipinski definition) is 3. The molecule has 1 atom stereocenters. The molecular formula is C16H25ClN2O. The lowest BCUT2D eigenvalue weighted by molar-refractivity contribution is 0.180. The molecule has 112 valence electrons. The van der Waals surface area contributed by atoms with Crippen LogP contribution < -0.4 is 10.5 Å². The Bertz CT molecular complexity index is 438. The number of ether oxygens (including phenoxy) is 1. The van der Waals surface area contributed by atoms with Crippen LogP contribution in [-0.4, -0.2) is 37.7 Å². The zero-order chi connectivity index (χ0) is 13.1. The maximum absolute atomic E-state index is 5.79. The Morgan fingerprint density at radius 2 is 2.25 bits per heavy atom. The molecule has 0 spiro atoms. The molecule has 1 saturated heterocycles. The molecule has 0 saturated carbocycles. The summed E-state index contributed by atoms with van der Waals surface area (Å²) in [6.45, 7) is 5.28. The minimum Gasteiger partial charge on any atom is -0.493 e. The normalized spacial score (nSPS) is 21.9. The Kier molecular flexibility index (Phi) is 5.70. The van der Waals surface area contributed by atoms with Crippen molar-refractivity contribution in [1.82, 2.24) is 4.90 Å². The molecule has 1 aromatic carbocycles. The number of halogens is 1. The number of benzene rings is 1. The average molecular weight is 297 g/mol. The monoisotopic (exact) mass is 296 g/mol. The second-order valence-electron chi connectivity index (χ2n) is 5.84. The Hall–Kier alpha value is -0.770. The van der Waals surface area contributed by atoms with E-state index in [1.165, 1.54) is 37.1 Å². The molecular weight excluding hydrogens is 272 g/mol. The van der Waals surface area contributed by atoms with Crippen LogP contribution in [0.2, 0.25) is 0 Å². The van der Waals surface area contributed by atoms with Gasteiger partial charge in [-0.05, 0) is 55.5 Å². The van der Waals surface area contributed by atoms with E-state index in [2.05, 4.69) is 23.1 Å². The summed E-state index contributed by atoms with van der Waals surface area (Å²) in [4.78, 5) is 2.57. The largest absolute Gasteiger partial charge is 0.493 e. The van der Waals surface area contributed by atoms with Crippen molar-refractivity contribution in [2.75, 3.05) is 32.8 Å². The Morgan fingerprint density at radius 3 is 3.10 bits per heavy atom. The van der Waals surface area contributed by atoms with E-state index in [9.17, 15) is 0 Å². The van der Waals surface area contributed by atoms with E-state index in [-0.39, 0.29) is 12.4 Å². The topological polar surface area (TPSA) is 38.5 Å². The van der Waals surface area contributed by atoms with Gasteiger partial charge in [0.2, 0.25) is 0 Å².